The summed E-state index contributed by atoms with van der Waals surface area (Å²) in [6, 6.07) is 35.1. The van der Waals surface area contributed by atoms with Crippen molar-refractivity contribution in [3.63, 3.8) is 0 Å². The van der Waals surface area contributed by atoms with E-state index in [9.17, 15) is 24.3 Å². The van der Waals surface area contributed by atoms with E-state index in [1.54, 1.807) is 36.3 Å². The molecule has 2 radical (unpaired) electrons. The fraction of sp³-hybridized carbons (Fsp3) is 0. The van der Waals surface area contributed by atoms with E-state index in [2.05, 4.69) is 4.99 Å². The second-order valence-electron chi connectivity index (χ2n) is 13.1. The first-order valence-electron chi connectivity index (χ1n) is 17.1. The molecule has 0 fully saturated rings. The monoisotopic (exact) mass is 804 g/mol. The Morgan fingerprint density at radius 2 is 1.25 bits per heavy atom. The molecule has 0 saturated heterocycles. The summed E-state index contributed by atoms with van der Waals surface area (Å²) in [6.07, 6.45) is 1.73. The van der Waals surface area contributed by atoms with E-state index in [0.29, 0.717) is 56.9 Å². The highest BCUT2D eigenvalue weighted by Crippen LogP contribution is 2.48. The van der Waals surface area contributed by atoms with E-state index in [-0.39, 0.29) is 16.4 Å². The van der Waals surface area contributed by atoms with Crippen LogP contribution in [-0.2, 0) is 16.3 Å². The SMILES string of the molecule is N=C1c2ccccc2C2=NC3=N/C(=N\c4c5ccccc5c(/N=C5\N=Cc6ccccc65)[n]4[Al]([O]P(=O)(O)c4ccc(P(=O)(O)[O][Al])cc4)[N]12)c1ccccc13. The van der Waals surface area contributed by atoms with Crippen molar-refractivity contribution in [1.29, 1.82) is 5.41 Å². The molecule has 0 aliphatic carbocycles. The molecule has 268 valence electrons. The number of rotatable bonds is 6. The molecule has 2 unspecified atom stereocenters. The summed E-state index contributed by atoms with van der Waals surface area (Å²) in [6.45, 7) is 0. The van der Waals surface area contributed by atoms with E-state index >= 15 is 0 Å². The maximum atomic E-state index is 14.7. The highest BCUT2D eigenvalue weighted by Gasteiger charge is 2.53. The predicted molar refractivity (Wildman–Crippen MR) is 217 cm³/mol. The van der Waals surface area contributed by atoms with Gasteiger partial charge >= 0.3 is 46.7 Å². The summed E-state index contributed by atoms with van der Waals surface area (Å²) in [7, 11) is -9.02. The zero-order valence-electron chi connectivity index (χ0n) is 28.8. The van der Waals surface area contributed by atoms with Crippen molar-refractivity contribution in [3.05, 3.63) is 155 Å². The van der Waals surface area contributed by atoms with Gasteiger partial charge in [0, 0.05) is 50.4 Å². The van der Waals surface area contributed by atoms with Crippen molar-refractivity contribution < 1.29 is 26.1 Å². The van der Waals surface area contributed by atoms with Gasteiger partial charge in [-0.2, -0.15) is 0 Å². The smallest absolute Gasteiger partial charge is 0.452 e. The van der Waals surface area contributed by atoms with E-state index in [4.69, 9.17) is 27.1 Å². The minimum atomic E-state index is -4.83. The number of benzene rings is 5. The first-order valence-corrected chi connectivity index (χ1v) is 22.3. The van der Waals surface area contributed by atoms with Crippen LogP contribution in [0.15, 0.2) is 146 Å². The first kappa shape index (κ1) is 35.3. The van der Waals surface area contributed by atoms with Gasteiger partial charge in [0.05, 0.1) is 10.6 Å². The van der Waals surface area contributed by atoms with Gasteiger partial charge in [0.25, 0.3) is 0 Å². The highest BCUT2D eigenvalue weighted by atomic mass is 31.2. The zero-order chi connectivity index (χ0) is 38.3. The normalized spacial score (nSPS) is 18.9. The first-order chi connectivity index (χ1) is 27.1. The van der Waals surface area contributed by atoms with Gasteiger partial charge in [-0.25, -0.2) is 25.0 Å². The fourth-order valence-electron chi connectivity index (χ4n) is 7.21. The lowest BCUT2D eigenvalue weighted by atomic mass is 10.1. The molecule has 4 aliphatic rings. The van der Waals surface area contributed by atoms with E-state index < -0.39 is 30.1 Å². The molecule has 10 rings (SSSR count). The van der Waals surface area contributed by atoms with Gasteiger partial charge in [0.1, 0.15) is 23.3 Å². The third-order valence-corrected chi connectivity index (χ3v) is 16.7. The number of aromatic nitrogens is 1. The summed E-state index contributed by atoms with van der Waals surface area (Å²) in [5.41, 5.74) is 4.30. The molecule has 0 saturated carbocycles. The van der Waals surface area contributed by atoms with Gasteiger partial charge in [-0.15, -0.1) is 0 Å². The average molecular weight is 805 g/mol. The minimum Gasteiger partial charge on any atom is -0.452 e. The maximum Gasteiger partial charge on any atom is 0.817 e. The summed E-state index contributed by atoms with van der Waals surface area (Å²) >= 11 is -2.04. The van der Waals surface area contributed by atoms with Crippen LogP contribution in [0.1, 0.15) is 33.4 Å². The summed E-state index contributed by atoms with van der Waals surface area (Å²) in [5.74, 6) is 2.15. The number of hydrogen-bond acceptors (Lipinski definition) is 9. The van der Waals surface area contributed by atoms with Gasteiger partial charge in [-0.3, -0.25) is 14.5 Å². The molecule has 5 heterocycles. The molecule has 4 aliphatic heterocycles. The average Bonchev–Trinajstić information content (AvgIpc) is 3.95. The number of nitrogens with one attached hydrogen (secondary N) is 1. The standard InChI is InChI=1S/C32H18N8.C6H8O6P2.2Al/c33-26-20-11-3-4-12-21(20)28(35-26)37-30-24-15-7-8-16-25(24)32(39-30)40-31-23-14-6-5-13-22(23)29(38-31)36-27-19-10-2-1-9-18(19)17-34-27;7-13(8,9)5-1-2-6(4-3-5)14(10,11)12;;/h1-17H,(H-,33,35,37,39,40);1-4H,(H2,7,8,9)(H2,10,11,12);;/q-2;;+1;+3/p-2/b36-27-;;;. The van der Waals surface area contributed by atoms with Crippen molar-refractivity contribution in [1.82, 2.24) is 7.43 Å². The van der Waals surface area contributed by atoms with Crippen molar-refractivity contribution in [2.45, 2.75) is 0 Å². The number of aliphatic imine (C=N–C) groups is 5. The lowest BCUT2D eigenvalue weighted by molar-refractivity contribution is 0.382. The van der Waals surface area contributed by atoms with Crippen LogP contribution < -0.4 is 10.6 Å². The zero-order valence-corrected chi connectivity index (χ0v) is 32.9. The quantitative estimate of drug-likeness (QED) is 0.149. The van der Waals surface area contributed by atoms with Crippen LogP contribution in [0.4, 0.5) is 11.6 Å². The molecular weight excluding hydrogens is 780 g/mol. The summed E-state index contributed by atoms with van der Waals surface area (Å²) in [5, 5.41) is 10.7. The molecular formula is C38H24Al2N8O6P2. The van der Waals surface area contributed by atoms with E-state index in [1.165, 1.54) is 24.3 Å². The Labute approximate surface area is 332 Å². The minimum absolute atomic E-state index is 0.00613. The summed E-state index contributed by atoms with van der Waals surface area (Å²) in [4.78, 5) is 47.3. The van der Waals surface area contributed by atoms with Gasteiger partial charge in [-0.05, 0) is 24.3 Å². The van der Waals surface area contributed by atoms with Crippen molar-refractivity contribution in [3.8, 4) is 0 Å². The van der Waals surface area contributed by atoms with Crippen LogP contribution in [0.25, 0.3) is 10.8 Å². The lowest BCUT2D eigenvalue weighted by Gasteiger charge is -2.29. The van der Waals surface area contributed by atoms with Crippen LogP contribution in [-0.4, -0.2) is 84.2 Å². The molecule has 0 amide bonds. The maximum absolute atomic E-state index is 14.7. The Bertz CT molecular complexity index is 2980. The lowest BCUT2D eigenvalue weighted by Crippen LogP contribution is -2.51. The van der Waals surface area contributed by atoms with Crippen LogP contribution >= 0.6 is 15.2 Å². The van der Waals surface area contributed by atoms with E-state index in [1.807, 2.05) is 91.0 Å². The molecule has 5 aromatic carbocycles. The van der Waals surface area contributed by atoms with Gasteiger partial charge in [0.15, 0.2) is 17.5 Å². The van der Waals surface area contributed by atoms with Crippen LogP contribution in [0, 0.1) is 5.41 Å². The third-order valence-electron chi connectivity index (χ3n) is 9.87. The third kappa shape index (κ3) is 5.55. The Morgan fingerprint density at radius 1 is 0.679 bits per heavy atom. The van der Waals surface area contributed by atoms with Gasteiger partial charge < -0.3 is 24.4 Å². The Hall–Kier alpha value is -5.18. The topological polar surface area (TPSA) is 187 Å². The van der Waals surface area contributed by atoms with E-state index in [0.717, 1.165) is 22.3 Å². The molecule has 2 bridgehead atoms. The molecule has 0 spiro atoms. The fourth-order valence-corrected chi connectivity index (χ4v) is 12.8. The molecule has 56 heavy (non-hydrogen) atoms. The van der Waals surface area contributed by atoms with Crippen molar-refractivity contribution in [2.24, 2.45) is 25.0 Å². The van der Waals surface area contributed by atoms with Crippen molar-refractivity contribution >= 4 is 115 Å². The number of hydrogen-bond donors (Lipinski definition) is 3. The molecule has 1 aromatic heterocycles. The second kappa shape index (κ2) is 13.2. The summed E-state index contributed by atoms with van der Waals surface area (Å²) < 4.78 is 41.9. The Balaban J connectivity index is 1.28. The van der Waals surface area contributed by atoms with Crippen LogP contribution in [0.2, 0.25) is 0 Å². The number of amidine groups is 5. The Morgan fingerprint density at radius 3 is 1.95 bits per heavy atom. The van der Waals surface area contributed by atoms with Gasteiger partial charge in [-0.1, -0.05) is 97.1 Å². The number of fused-ring (bicyclic) bond motifs is 11. The largest absolute Gasteiger partial charge is 0.817 e. The molecule has 6 aromatic rings. The molecule has 18 heteroatoms. The molecule has 14 nitrogen and oxygen atoms in total. The van der Waals surface area contributed by atoms with Crippen LogP contribution in [0.5, 0.6) is 0 Å². The number of nitrogens with zero attached hydrogens (tertiary/aromatic N) is 7. The Kier molecular flexibility index (Phi) is 8.32. The molecule has 3 N–H and O–H groups in total. The second-order valence-corrected chi connectivity index (χ2v) is 19.5. The molecule has 2 atom stereocenters. The highest BCUT2D eigenvalue weighted by molar-refractivity contribution is 7.63. The van der Waals surface area contributed by atoms with Gasteiger partial charge in [0.2, 0.25) is 0 Å². The predicted octanol–water partition coefficient (Wildman–Crippen LogP) is 5.36. The van der Waals surface area contributed by atoms with Crippen molar-refractivity contribution in [2.75, 3.05) is 0 Å². The van der Waals surface area contributed by atoms with Crippen LogP contribution in [0.3, 0.4) is 0 Å².